The van der Waals surface area contributed by atoms with E-state index in [-0.39, 0.29) is 12.5 Å². The number of urea groups is 1. The molecule has 0 spiro atoms. The number of hydrogen-bond donors (Lipinski definition) is 3. The van der Waals surface area contributed by atoms with Gasteiger partial charge in [-0.3, -0.25) is 9.48 Å². The highest BCUT2D eigenvalue weighted by Gasteiger charge is 2.22. The van der Waals surface area contributed by atoms with Crippen molar-refractivity contribution in [2.24, 2.45) is 7.05 Å². The number of nitrogens with one attached hydrogen (secondary N) is 2. The molecule has 0 radical (unpaired) electrons. The summed E-state index contributed by atoms with van der Waals surface area (Å²) in [5.74, 6) is -0.876. The molecule has 1 aromatic heterocycles. The maximum atomic E-state index is 11.8. The third kappa shape index (κ3) is 4.99. The van der Waals surface area contributed by atoms with Crippen LogP contribution in [0.4, 0.5) is 10.5 Å². The molecule has 1 aromatic rings. The van der Waals surface area contributed by atoms with Crippen LogP contribution >= 0.6 is 0 Å². The van der Waals surface area contributed by atoms with E-state index in [4.69, 9.17) is 5.11 Å². The Morgan fingerprint density at radius 2 is 2.11 bits per heavy atom. The average Bonchev–Trinajstić information content (AvgIpc) is 2.54. The van der Waals surface area contributed by atoms with Crippen LogP contribution in [0.3, 0.4) is 0 Å². The number of hydrogen-bond acceptors (Lipinski definition) is 3. The second kappa shape index (κ2) is 5.73. The van der Waals surface area contributed by atoms with Crippen LogP contribution in [-0.2, 0) is 11.8 Å². The predicted octanol–water partition coefficient (Wildman–Crippen LogP) is 1.49. The van der Waals surface area contributed by atoms with E-state index in [1.807, 2.05) is 0 Å². The van der Waals surface area contributed by atoms with Crippen LogP contribution in [0, 0.1) is 6.92 Å². The topological polar surface area (TPSA) is 96.3 Å². The molecule has 7 nitrogen and oxygen atoms in total. The smallest absolute Gasteiger partial charge is 0.319 e. The molecule has 1 rings (SSSR count). The van der Waals surface area contributed by atoms with E-state index < -0.39 is 11.5 Å². The number of carboxylic acid groups (broad SMARTS) is 1. The predicted molar refractivity (Wildman–Crippen MR) is 71.0 cm³/mol. The quantitative estimate of drug-likeness (QED) is 0.753. The lowest BCUT2D eigenvalue weighted by molar-refractivity contribution is -0.137. The van der Waals surface area contributed by atoms with Crippen molar-refractivity contribution >= 4 is 17.7 Å². The molecule has 0 aliphatic rings. The second-order valence-electron chi connectivity index (χ2n) is 5.16. The first-order chi connectivity index (χ1) is 8.69. The van der Waals surface area contributed by atoms with Crippen LogP contribution in [0.5, 0.6) is 0 Å². The van der Waals surface area contributed by atoms with Gasteiger partial charge in [0.1, 0.15) is 0 Å². The third-order valence-corrected chi connectivity index (χ3v) is 2.68. The van der Waals surface area contributed by atoms with Crippen LogP contribution < -0.4 is 10.6 Å². The van der Waals surface area contributed by atoms with Gasteiger partial charge in [-0.25, -0.2) is 4.79 Å². The van der Waals surface area contributed by atoms with Crippen molar-refractivity contribution in [2.75, 3.05) is 5.32 Å². The van der Waals surface area contributed by atoms with E-state index in [2.05, 4.69) is 15.7 Å². The summed E-state index contributed by atoms with van der Waals surface area (Å²) in [6.07, 6.45) is 2.08. The van der Waals surface area contributed by atoms with Gasteiger partial charge in [-0.1, -0.05) is 0 Å². The Morgan fingerprint density at radius 1 is 1.47 bits per heavy atom. The van der Waals surface area contributed by atoms with Crippen molar-refractivity contribution in [1.29, 1.82) is 0 Å². The number of amides is 2. The Morgan fingerprint density at radius 3 is 2.58 bits per heavy atom. The summed E-state index contributed by atoms with van der Waals surface area (Å²) in [6.45, 7) is 5.36. The number of nitrogens with zero attached hydrogens (tertiary/aromatic N) is 2. The van der Waals surface area contributed by atoms with Gasteiger partial charge in [0.2, 0.25) is 0 Å². The maximum absolute atomic E-state index is 11.8. The highest BCUT2D eigenvalue weighted by atomic mass is 16.4. The summed E-state index contributed by atoms with van der Waals surface area (Å²) >= 11 is 0. The normalized spacial score (nSPS) is 11.2. The van der Waals surface area contributed by atoms with Crippen LogP contribution in [0.25, 0.3) is 0 Å². The largest absolute Gasteiger partial charge is 0.481 e. The molecule has 19 heavy (non-hydrogen) atoms. The summed E-state index contributed by atoms with van der Waals surface area (Å²) in [5, 5.41) is 18.2. The zero-order chi connectivity index (χ0) is 14.6. The lowest BCUT2D eigenvalue weighted by Crippen LogP contribution is -2.45. The summed E-state index contributed by atoms with van der Waals surface area (Å²) in [6, 6.07) is -0.369. The van der Waals surface area contributed by atoms with Crippen molar-refractivity contribution in [1.82, 2.24) is 15.1 Å². The van der Waals surface area contributed by atoms with Crippen molar-refractivity contribution < 1.29 is 14.7 Å². The van der Waals surface area contributed by atoms with E-state index in [1.54, 1.807) is 38.7 Å². The second-order valence-corrected chi connectivity index (χ2v) is 5.16. The Bertz CT molecular complexity index is 479. The zero-order valence-corrected chi connectivity index (χ0v) is 11.6. The first-order valence-electron chi connectivity index (χ1n) is 6.01. The molecule has 2 amide bonds. The van der Waals surface area contributed by atoms with E-state index >= 15 is 0 Å². The number of carbonyl (C=O) groups excluding carboxylic acids is 1. The number of carboxylic acids is 1. The highest BCUT2D eigenvalue weighted by molar-refractivity contribution is 5.90. The molecular weight excluding hydrogens is 248 g/mol. The highest BCUT2D eigenvalue weighted by Crippen LogP contribution is 2.14. The average molecular weight is 268 g/mol. The third-order valence-electron chi connectivity index (χ3n) is 2.68. The molecule has 0 atom stereocenters. The fourth-order valence-corrected chi connectivity index (χ4v) is 1.67. The van der Waals surface area contributed by atoms with Gasteiger partial charge in [0.15, 0.2) is 0 Å². The lowest BCUT2D eigenvalue weighted by atomic mass is 9.99. The fraction of sp³-hybridized carbons (Fsp3) is 0.583. The van der Waals surface area contributed by atoms with Crippen LogP contribution in [-0.4, -0.2) is 32.4 Å². The van der Waals surface area contributed by atoms with Crippen LogP contribution in [0.1, 0.15) is 32.4 Å². The SMILES string of the molecule is Cc1nn(C)cc1NC(=O)NC(C)(C)CCC(=O)O. The molecule has 3 N–H and O–H groups in total. The number of aliphatic carboxylic acids is 1. The van der Waals surface area contributed by atoms with E-state index in [0.29, 0.717) is 12.1 Å². The summed E-state index contributed by atoms with van der Waals surface area (Å²) in [4.78, 5) is 22.4. The van der Waals surface area contributed by atoms with Crippen LogP contribution in [0.15, 0.2) is 6.20 Å². The molecular formula is C12H20N4O3. The Hall–Kier alpha value is -2.05. The van der Waals surface area contributed by atoms with E-state index in [9.17, 15) is 9.59 Å². The van der Waals surface area contributed by atoms with Gasteiger partial charge in [-0.15, -0.1) is 0 Å². The zero-order valence-electron chi connectivity index (χ0n) is 11.6. The summed E-state index contributed by atoms with van der Waals surface area (Å²) < 4.78 is 1.61. The van der Waals surface area contributed by atoms with Gasteiger partial charge in [-0.2, -0.15) is 5.10 Å². The maximum Gasteiger partial charge on any atom is 0.319 e. The van der Waals surface area contributed by atoms with Crippen molar-refractivity contribution in [2.45, 2.75) is 39.2 Å². The fourth-order valence-electron chi connectivity index (χ4n) is 1.67. The minimum atomic E-state index is -0.876. The minimum Gasteiger partial charge on any atom is -0.481 e. The molecule has 0 unspecified atom stereocenters. The Kier molecular flexibility index (Phi) is 4.52. The monoisotopic (exact) mass is 268 g/mol. The van der Waals surface area contributed by atoms with Crippen molar-refractivity contribution in [3.05, 3.63) is 11.9 Å². The minimum absolute atomic E-state index is 0.0131. The van der Waals surface area contributed by atoms with Crippen LogP contribution in [0.2, 0.25) is 0 Å². The molecule has 0 saturated carbocycles. The number of aromatic nitrogens is 2. The summed E-state index contributed by atoms with van der Waals surface area (Å²) in [7, 11) is 1.77. The van der Waals surface area contributed by atoms with E-state index in [0.717, 1.165) is 5.69 Å². The van der Waals surface area contributed by atoms with E-state index in [1.165, 1.54) is 0 Å². The molecule has 106 valence electrons. The number of rotatable bonds is 5. The molecule has 7 heteroatoms. The first kappa shape index (κ1) is 15.0. The van der Waals surface area contributed by atoms with Gasteiger partial charge in [0, 0.05) is 25.2 Å². The molecule has 0 aliphatic carbocycles. The molecule has 0 saturated heterocycles. The van der Waals surface area contributed by atoms with Gasteiger partial charge < -0.3 is 15.7 Å². The standard InChI is InChI=1S/C12H20N4O3/c1-8-9(7-16(4)15-8)13-11(19)14-12(2,3)6-5-10(17)18/h7H,5-6H2,1-4H3,(H,17,18)(H2,13,14,19). The number of aryl methyl sites for hydroxylation is 2. The molecule has 0 aromatic carbocycles. The van der Waals surface area contributed by atoms with Gasteiger partial charge in [-0.05, 0) is 27.2 Å². The molecule has 0 bridgehead atoms. The number of anilines is 1. The van der Waals surface area contributed by atoms with Gasteiger partial charge >= 0.3 is 12.0 Å². The van der Waals surface area contributed by atoms with Crippen molar-refractivity contribution in [3.63, 3.8) is 0 Å². The Balaban J connectivity index is 2.55. The molecule has 0 fully saturated rings. The number of carbonyl (C=O) groups is 2. The Labute approximate surface area is 112 Å². The first-order valence-corrected chi connectivity index (χ1v) is 6.01. The molecule has 1 heterocycles. The van der Waals surface area contributed by atoms with Crippen molar-refractivity contribution in [3.8, 4) is 0 Å². The summed E-state index contributed by atoms with van der Waals surface area (Å²) in [5.41, 5.74) is 0.772. The van der Waals surface area contributed by atoms with Gasteiger partial charge in [0.05, 0.1) is 11.4 Å². The molecule has 0 aliphatic heterocycles. The van der Waals surface area contributed by atoms with Gasteiger partial charge in [0.25, 0.3) is 0 Å². The lowest BCUT2D eigenvalue weighted by Gasteiger charge is -2.25.